The number of nitrogens with zero attached hydrogens (tertiary/aromatic N) is 1. The number of rotatable bonds is 8. The van der Waals surface area contributed by atoms with Gasteiger partial charge in [-0.25, -0.2) is 0 Å². The topological polar surface area (TPSA) is 55.8 Å². The molecule has 168 valence electrons. The minimum Gasteiger partial charge on any atom is -0.492 e. The van der Waals surface area contributed by atoms with Gasteiger partial charge in [0.25, 0.3) is 11.1 Å². The van der Waals surface area contributed by atoms with Crippen LogP contribution in [0.15, 0.2) is 77.7 Å². The fourth-order valence-corrected chi connectivity index (χ4v) is 4.23. The van der Waals surface area contributed by atoms with Gasteiger partial charge < -0.3 is 9.47 Å². The number of imide groups is 1. The molecule has 4 rings (SSSR count). The van der Waals surface area contributed by atoms with Crippen molar-refractivity contribution in [2.24, 2.45) is 0 Å². The van der Waals surface area contributed by atoms with Crippen LogP contribution >= 0.6 is 23.4 Å². The van der Waals surface area contributed by atoms with Crippen LogP contribution in [0.2, 0.25) is 5.02 Å². The molecule has 1 heterocycles. The van der Waals surface area contributed by atoms with Crippen LogP contribution in [0.3, 0.4) is 0 Å². The Bertz CT molecular complexity index is 1180. The van der Waals surface area contributed by atoms with E-state index in [2.05, 4.69) is 0 Å². The predicted octanol–water partition coefficient (Wildman–Crippen LogP) is 6.34. The van der Waals surface area contributed by atoms with E-state index in [1.165, 1.54) is 4.90 Å². The van der Waals surface area contributed by atoms with E-state index >= 15 is 0 Å². The maximum Gasteiger partial charge on any atom is 0.293 e. The van der Waals surface area contributed by atoms with Crippen LogP contribution in [0, 0.1) is 6.92 Å². The van der Waals surface area contributed by atoms with E-state index in [-0.39, 0.29) is 24.3 Å². The third-order valence-electron chi connectivity index (χ3n) is 5.01. The molecule has 0 aliphatic carbocycles. The molecule has 0 aromatic heterocycles. The summed E-state index contributed by atoms with van der Waals surface area (Å²) in [6.45, 7) is 2.80. The molecular weight excluding hydrogens is 458 g/mol. The summed E-state index contributed by atoms with van der Waals surface area (Å²) in [6, 6.07) is 22.5. The molecule has 7 heteroatoms. The lowest BCUT2D eigenvalue weighted by Crippen LogP contribution is -2.32. The number of carbonyl (C=O) groups excluding carboxylic acids is 2. The highest BCUT2D eigenvalue weighted by Gasteiger charge is 2.34. The largest absolute Gasteiger partial charge is 0.492 e. The zero-order valence-corrected chi connectivity index (χ0v) is 19.6. The summed E-state index contributed by atoms with van der Waals surface area (Å²) in [5, 5.41) is 0.368. The van der Waals surface area contributed by atoms with E-state index in [0.29, 0.717) is 28.0 Å². The van der Waals surface area contributed by atoms with Crippen LogP contribution in [-0.2, 0) is 11.4 Å². The molecule has 0 saturated carbocycles. The molecule has 1 aliphatic rings. The molecule has 0 radical (unpaired) electrons. The fraction of sp³-hybridized carbons (Fsp3) is 0.154. The summed E-state index contributed by atoms with van der Waals surface area (Å²) in [4.78, 5) is 26.6. The smallest absolute Gasteiger partial charge is 0.293 e. The summed E-state index contributed by atoms with van der Waals surface area (Å²) < 4.78 is 11.4. The molecule has 1 aliphatic heterocycles. The van der Waals surface area contributed by atoms with Gasteiger partial charge in [0, 0.05) is 10.6 Å². The molecule has 0 N–H and O–H groups in total. The van der Waals surface area contributed by atoms with Gasteiger partial charge in [-0.05, 0) is 60.7 Å². The highest BCUT2D eigenvalue weighted by Crippen LogP contribution is 2.32. The van der Waals surface area contributed by atoms with Crippen molar-refractivity contribution in [1.82, 2.24) is 4.90 Å². The average molecular weight is 480 g/mol. The highest BCUT2D eigenvalue weighted by atomic mass is 35.5. The number of amides is 2. The first kappa shape index (κ1) is 23.0. The summed E-state index contributed by atoms with van der Waals surface area (Å²) in [5.41, 5.74) is 2.85. The van der Waals surface area contributed by atoms with Gasteiger partial charge in [0.1, 0.15) is 24.7 Å². The first-order valence-electron chi connectivity index (χ1n) is 10.4. The molecule has 3 aromatic rings. The van der Waals surface area contributed by atoms with Crippen LogP contribution in [0.25, 0.3) is 6.08 Å². The van der Waals surface area contributed by atoms with Crippen molar-refractivity contribution in [2.75, 3.05) is 13.2 Å². The van der Waals surface area contributed by atoms with Crippen molar-refractivity contribution < 1.29 is 19.1 Å². The van der Waals surface area contributed by atoms with Gasteiger partial charge in [0.05, 0.1) is 11.4 Å². The zero-order valence-electron chi connectivity index (χ0n) is 18.0. The van der Waals surface area contributed by atoms with Crippen molar-refractivity contribution in [3.63, 3.8) is 0 Å². The van der Waals surface area contributed by atoms with Crippen molar-refractivity contribution >= 4 is 40.6 Å². The van der Waals surface area contributed by atoms with Crippen LogP contribution in [0.4, 0.5) is 4.79 Å². The lowest BCUT2D eigenvalue weighted by molar-refractivity contribution is -0.123. The van der Waals surface area contributed by atoms with Crippen molar-refractivity contribution in [3.05, 3.63) is 99.4 Å². The second-order valence-electron chi connectivity index (χ2n) is 7.44. The van der Waals surface area contributed by atoms with Crippen LogP contribution in [0.5, 0.6) is 11.5 Å². The Balaban J connectivity index is 1.32. The van der Waals surface area contributed by atoms with Gasteiger partial charge in [-0.2, -0.15) is 0 Å². The van der Waals surface area contributed by atoms with Gasteiger partial charge in [0.15, 0.2) is 0 Å². The molecule has 1 fully saturated rings. The number of ether oxygens (including phenoxy) is 2. The molecule has 5 nitrogen and oxygen atoms in total. The third-order valence-corrected chi connectivity index (χ3v) is 6.28. The fourth-order valence-electron chi connectivity index (χ4n) is 3.17. The lowest BCUT2D eigenvalue weighted by Gasteiger charge is -2.13. The molecular formula is C26H22ClNO4S. The Morgan fingerprint density at radius 3 is 2.30 bits per heavy atom. The van der Waals surface area contributed by atoms with Crippen molar-refractivity contribution in [2.45, 2.75) is 13.5 Å². The SMILES string of the molecule is Cc1ccc(OCCN2C(=O)S/C(=C\c3ccc(OCc4ccccc4Cl)cc3)C2=O)cc1. The van der Waals surface area contributed by atoms with Gasteiger partial charge in [-0.1, -0.05) is 59.6 Å². The number of aryl methyl sites for hydroxylation is 1. The van der Waals surface area contributed by atoms with Crippen LogP contribution < -0.4 is 9.47 Å². The Kier molecular flexibility index (Phi) is 7.37. The number of hydrogen-bond acceptors (Lipinski definition) is 5. The van der Waals surface area contributed by atoms with Gasteiger partial charge in [-0.3, -0.25) is 14.5 Å². The maximum atomic E-state index is 12.7. The average Bonchev–Trinajstić information content (AvgIpc) is 3.08. The minimum atomic E-state index is -0.309. The van der Waals surface area contributed by atoms with E-state index < -0.39 is 0 Å². The monoisotopic (exact) mass is 479 g/mol. The molecule has 3 aromatic carbocycles. The van der Waals surface area contributed by atoms with E-state index in [9.17, 15) is 9.59 Å². The first-order valence-corrected chi connectivity index (χ1v) is 11.6. The Morgan fingerprint density at radius 2 is 1.58 bits per heavy atom. The van der Waals surface area contributed by atoms with E-state index in [1.54, 1.807) is 6.08 Å². The van der Waals surface area contributed by atoms with Gasteiger partial charge in [0.2, 0.25) is 0 Å². The quantitative estimate of drug-likeness (QED) is 0.353. The van der Waals surface area contributed by atoms with Crippen LogP contribution in [0.1, 0.15) is 16.7 Å². The summed E-state index contributed by atoms with van der Waals surface area (Å²) in [6.07, 6.45) is 1.71. The van der Waals surface area contributed by atoms with Crippen molar-refractivity contribution in [3.8, 4) is 11.5 Å². The van der Waals surface area contributed by atoms with E-state index in [1.807, 2.05) is 79.7 Å². The number of thioether (sulfide) groups is 1. The molecule has 2 amide bonds. The van der Waals surface area contributed by atoms with Gasteiger partial charge in [-0.15, -0.1) is 0 Å². The number of halogens is 1. The summed E-state index contributed by atoms with van der Waals surface area (Å²) in [7, 11) is 0. The number of hydrogen-bond donors (Lipinski definition) is 0. The predicted molar refractivity (Wildman–Crippen MR) is 132 cm³/mol. The Hall–Kier alpha value is -3.22. The van der Waals surface area contributed by atoms with E-state index in [0.717, 1.165) is 28.5 Å². The molecule has 1 saturated heterocycles. The third kappa shape index (κ3) is 5.97. The Morgan fingerprint density at radius 1 is 0.909 bits per heavy atom. The number of carbonyl (C=O) groups is 2. The Labute approximate surface area is 202 Å². The molecule has 0 spiro atoms. The van der Waals surface area contributed by atoms with Crippen molar-refractivity contribution in [1.29, 1.82) is 0 Å². The number of benzene rings is 3. The first-order chi connectivity index (χ1) is 16.0. The molecule has 33 heavy (non-hydrogen) atoms. The highest BCUT2D eigenvalue weighted by molar-refractivity contribution is 8.18. The van der Waals surface area contributed by atoms with Crippen LogP contribution in [-0.4, -0.2) is 29.2 Å². The molecule has 0 bridgehead atoms. The maximum absolute atomic E-state index is 12.7. The normalized spacial score (nSPS) is 14.7. The second-order valence-corrected chi connectivity index (χ2v) is 8.84. The lowest BCUT2D eigenvalue weighted by atomic mass is 10.2. The minimum absolute atomic E-state index is 0.199. The summed E-state index contributed by atoms with van der Waals surface area (Å²) >= 11 is 7.09. The molecule has 0 atom stereocenters. The zero-order chi connectivity index (χ0) is 23.2. The second kappa shape index (κ2) is 10.6. The van der Waals surface area contributed by atoms with E-state index in [4.69, 9.17) is 21.1 Å². The molecule has 0 unspecified atom stereocenters. The summed E-state index contributed by atoms with van der Waals surface area (Å²) in [5.74, 6) is 1.09. The van der Waals surface area contributed by atoms with Gasteiger partial charge >= 0.3 is 0 Å². The standard InChI is InChI=1S/C26H22ClNO4S/c1-18-6-10-21(11-7-18)31-15-14-28-25(29)24(33-26(28)30)16-19-8-12-22(13-9-19)32-17-20-4-2-3-5-23(20)27/h2-13,16H,14-15,17H2,1H3/b24-16-.